The number of hydrogen-bond acceptors (Lipinski definition) is 3. The van der Waals surface area contributed by atoms with E-state index < -0.39 is 0 Å². The van der Waals surface area contributed by atoms with Gasteiger partial charge in [-0.05, 0) is 25.3 Å². The number of thiocarbonyl (C=S) groups is 1. The van der Waals surface area contributed by atoms with Crippen LogP contribution in [0.5, 0.6) is 0 Å². The molecule has 64 valence electrons. The minimum absolute atomic E-state index is 0.971. The monoisotopic (exact) mass is 214 g/mol. The predicted molar refractivity (Wildman–Crippen MR) is 63.1 cm³/mol. The van der Waals surface area contributed by atoms with Crippen LogP contribution >= 0.6 is 35.7 Å². The number of thioether (sulfide) groups is 2. The van der Waals surface area contributed by atoms with Crippen molar-refractivity contribution in [2.24, 2.45) is 0 Å². The van der Waals surface area contributed by atoms with Gasteiger partial charge in [0, 0.05) is 4.90 Å². The Balaban J connectivity index is 2.64. The lowest BCUT2D eigenvalue weighted by atomic mass is 10.2. The first-order chi connectivity index (χ1) is 5.72. The molecule has 0 saturated carbocycles. The van der Waals surface area contributed by atoms with Crippen LogP contribution in [0.2, 0.25) is 0 Å². The Labute approximate surface area is 87.1 Å². The molecule has 0 nitrogen and oxygen atoms in total. The Kier molecular flexibility index (Phi) is 4.12. The van der Waals surface area contributed by atoms with Gasteiger partial charge in [0.15, 0.2) is 0 Å². The van der Waals surface area contributed by atoms with E-state index in [2.05, 4.69) is 31.2 Å². The average molecular weight is 214 g/mol. The highest BCUT2D eigenvalue weighted by atomic mass is 32.2. The van der Waals surface area contributed by atoms with Gasteiger partial charge in [-0.1, -0.05) is 41.7 Å². The number of hydrogen-bond donors (Lipinski definition) is 0. The molecule has 0 aliphatic carbocycles. The molecule has 0 aliphatic rings. The van der Waals surface area contributed by atoms with Crippen molar-refractivity contribution in [1.29, 1.82) is 0 Å². The van der Waals surface area contributed by atoms with Crippen molar-refractivity contribution in [1.82, 2.24) is 0 Å². The zero-order valence-electron chi connectivity index (χ0n) is 7.03. The van der Waals surface area contributed by atoms with E-state index in [-0.39, 0.29) is 0 Å². The molecule has 0 saturated heterocycles. The van der Waals surface area contributed by atoms with Crippen LogP contribution in [0.1, 0.15) is 5.56 Å². The minimum Gasteiger partial charge on any atom is -0.111 e. The molecule has 0 spiro atoms. The summed E-state index contributed by atoms with van der Waals surface area (Å²) in [6, 6.07) is 8.40. The van der Waals surface area contributed by atoms with Crippen LogP contribution in [0, 0.1) is 6.92 Å². The van der Waals surface area contributed by atoms with Crippen LogP contribution in [0.15, 0.2) is 29.2 Å². The zero-order chi connectivity index (χ0) is 8.97. The first-order valence-electron chi connectivity index (χ1n) is 3.55. The van der Waals surface area contributed by atoms with Gasteiger partial charge in [-0.15, -0.1) is 11.8 Å². The molecule has 1 aromatic rings. The van der Waals surface area contributed by atoms with Gasteiger partial charge in [0.1, 0.15) is 3.53 Å². The maximum atomic E-state index is 5.10. The van der Waals surface area contributed by atoms with E-state index in [9.17, 15) is 0 Å². The maximum Gasteiger partial charge on any atom is 0.108 e. The highest BCUT2D eigenvalue weighted by Gasteiger charge is 1.97. The number of aryl methyl sites for hydroxylation is 1. The van der Waals surface area contributed by atoms with Gasteiger partial charge in [0.05, 0.1) is 0 Å². The van der Waals surface area contributed by atoms with Crippen LogP contribution in [0.3, 0.4) is 0 Å². The van der Waals surface area contributed by atoms with Gasteiger partial charge in [-0.2, -0.15) is 0 Å². The van der Waals surface area contributed by atoms with Crippen molar-refractivity contribution in [3.63, 3.8) is 0 Å². The van der Waals surface area contributed by atoms with Crippen molar-refractivity contribution in [2.45, 2.75) is 11.8 Å². The molecular formula is C9H10S3. The molecule has 0 bridgehead atoms. The van der Waals surface area contributed by atoms with Gasteiger partial charge in [0.25, 0.3) is 0 Å². The first kappa shape index (κ1) is 10.1. The van der Waals surface area contributed by atoms with Crippen molar-refractivity contribution in [3.05, 3.63) is 29.8 Å². The van der Waals surface area contributed by atoms with Crippen LogP contribution < -0.4 is 0 Å². The highest BCUT2D eigenvalue weighted by molar-refractivity contribution is 8.47. The Hall–Kier alpha value is 0.01000. The van der Waals surface area contributed by atoms with Crippen molar-refractivity contribution in [3.8, 4) is 0 Å². The van der Waals surface area contributed by atoms with Crippen molar-refractivity contribution < 1.29 is 0 Å². The lowest BCUT2D eigenvalue weighted by Crippen LogP contribution is -1.78. The maximum absolute atomic E-state index is 5.10. The third kappa shape index (κ3) is 3.17. The molecule has 0 aromatic heterocycles. The fourth-order valence-electron chi connectivity index (χ4n) is 0.744. The molecule has 0 fully saturated rings. The molecule has 0 amide bonds. The Bertz CT molecular complexity index is 264. The normalized spacial score (nSPS) is 9.83. The average Bonchev–Trinajstić information content (AvgIpc) is 2.09. The topological polar surface area (TPSA) is 0 Å². The largest absolute Gasteiger partial charge is 0.111 e. The first-order valence-corrected chi connectivity index (χ1v) is 6.00. The molecule has 3 heteroatoms. The van der Waals surface area contributed by atoms with E-state index in [0.29, 0.717) is 0 Å². The summed E-state index contributed by atoms with van der Waals surface area (Å²) in [5.74, 6) is 0. The summed E-state index contributed by atoms with van der Waals surface area (Å²) >= 11 is 8.36. The zero-order valence-corrected chi connectivity index (χ0v) is 9.48. The molecular weight excluding hydrogens is 204 g/mol. The van der Waals surface area contributed by atoms with Crippen LogP contribution in [-0.4, -0.2) is 9.78 Å². The molecule has 12 heavy (non-hydrogen) atoms. The smallest absolute Gasteiger partial charge is 0.108 e. The van der Waals surface area contributed by atoms with Gasteiger partial charge in [-0.25, -0.2) is 0 Å². The molecule has 1 aromatic carbocycles. The van der Waals surface area contributed by atoms with Crippen LogP contribution in [0.4, 0.5) is 0 Å². The van der Waals surface area contributed by atoms with Crippen LogP contribution in [-0.2, 0) is 0 Å². The second kappa shape index (κ2) is 4.90. The number of benzene rings is 1. The molecule has 1 rings (SSSR count). The Morgan fingerprint density at radius 2 is 1.83 bits per heavy atom. The summed E-state index contributed by atoms with van der Waals surface area (Å²) in [6.07, 6.45) is 2.00. The van der Waals surface area contributed by atoms with Gasteiger partial charge in [-0.3, -0.25) is 0 Å². The Morgan fingerprint density at radius 3 is 2.33 bits per heavy atom. The minimum atomic E-state index is 0.971. The summed E-state index contributed by atoms with van der Waals surface area (Å²) in [4.78, 5) is 1.22. The second-order valence-electron chi connectivity index (χ2n) is 2.37. The molecule has 0 atom stereocenters. The quantitative estimate of drug-likeness (QED) is 0.516. The summed E-state index contributed by atoms with van der Waals surface area (Å²) in [5, 5.41) is 0. The molecule has 0 aliphatic heterocycles. The summed E-state index contributed by atoms with van der Waals surface area (Å²) in [5.41, 5.74) is 1.29. The van der Waals surface area contributed by atoms with Gasteiger partial charge < -0.3 is 0 Å². The van der Waals surface area contributed by atoms with Gasteiger partial charge in [0.2, 0.25) is 0 Å². The van der Waals surface area contributed by atoms with Crippen molar-refractivity contribution >= 4 is 39.3 Å². The summed E-state index contributed by atoms with van der Waals surface area (Å²) in [7, 11) is 0. The third-order valence-corrected chi connectivity index (χ3v) is 3.90. The van der Waals surface area contributed by atoms with E-state index in [0.717, 1.165) is 3.53 Å². The van der Waals surface area contributed by atoms with E-state index in [1.807, 2.05) is 6.26 Å². The molecule has 0 heterocycles. The predicted octanol–water partition coefficient (Wildman–Crippen LogP) is 3.74. The van der Waals surface area contributed by atoms with E-state index in [1.165, 1.54) is 10.5 Å². The van der Waals surface area contributed by atoms with Crippen molar-refractivity contribution in [2.75, 3.05) is 6.26 Å². The lowest BCUT2D eigenvalue weighted by Gasteiger charge is -1.99. The molecule has 0 radical (unpaired) electrons. The number of rotatable bonds is 1. The van der Waals surface area contributed by atoms with E-state index >= 15 is 0 Å². The van der Waals surface area contributed by atoms with E-state index in [1.54, 1.807) is 23.5 Å². The highest BCUT2D eigenvalue weighted by Crippen LogP contribution is 2.24. The molecule has 0 N–H and O–H groups in total. The standard InChI is InChI=1S/C9H10S3/c1-7-3-5-8(6-4-7)12-9(10)11-2/h3-6H,1-2H3. The second-order valence-corrected chi connectivity index (χ2v) is 5.45. The van der Waals surface area contributed by atoms with Crippen LogP contribution in [0.25, 0.3) is 0 Å². The summed E-state index contributed by atoms with van der Waals surface area (Å²) in [6.45, 7) is 2.08. The Morgan fingerprint density at radius 1 is 1.25 bits per heavy atom. The third-order valence-electron chi connectivity index (χ3n) is 1.39. The van der Waals surface area contributed by atoms with Gasteiger partial charge >= 0.3 is 0 Å². The molecule has 0 unspecified atom stereocenters. The fourth-order valence-corrected chi connectivity index (χ4v) is 2.12. The summed E-state index contributed by atoms with van der Waals surface area (Å²) < 4.78 is 0.971. The fraction of sp³-hybridized carbons (Fsp3) is 0.222. The lowest BCUT2D eigenvalue weighted by molar-refractivity contribution is 1.38. The van der Waals surface area contributed by atoms with E-state index in [4.69, 9.17) is 12.2 Å². The SMILES string of the molecule is CSC(=S)Sc1ccc(C)cc1.